The number of carbonyl (C=O) groups is 2. The van der Waals surface area contributed by atoms with Crippen LogP contribution in [0.25, 0.3) is 0 Å². The molecule has 2 N–H and O–H groups in total. The number of nitrogens with one attached hydrogen (secondary N) is 1. The van der Waals surface area contributed by atoms with E-state index in [1.165, 1.54) is 31.5 Å². The molecular formula is C24H29FN2O6. The Labute approximate surface area is 192 Å². The smallest absolute Gasteiger partial charge is 0.329 e. The molecule has 0 saturated carbocycles. The number of rotatable bonds is 6. The van der Waals surface area contributed by atoms with Gasteiger partial charge in [0.1, 0.15) is 18.0 Å². The van der Waals surface area contributed by atoms with Gasteiger partial charge in [0.05, 0.1) is 13.2 Å². The second-order valence-electron chi connectivity index (χ2n) is 7.98. The van der Waals surface area contributed by atoms with E-state index in [4.69, 9.17) is 14.2 Å². The van der Waals surface area contributed by atoms with Gasteiger partial charge in [-0.05, 0) is 37.5 Å². The summed E-state index contributed by atoms with van der Waals surface area (Å²) in [6, 6.07) is 6.66. The summed E-state index contributed by atoms with van der Waals surface area (Å²) in [6.45, 7) is 4.01. The van der Waals surface area contributed by atoms with Gasteiger partial charge in [-0.1, -0.05) is 19.1 Å². The number of nitrogens with zero attached hydrogens (tertiary/aromatic N) is 1. The number of benzene rings is 1. The summed E-state index contributed by atoms with van der Waals surface area (Å²) >= 11 is 0. The van der Waals surface area contributed by atoms with Gasteiger partial charge in [0, 0.05) is 31.2 Å². The number of hydrogen-bond acceptors (Lipinski definition) is 7. The van der Waals surface area contributed by atoms with E-state index in [0.717, 1.165) is 5.56 Å². The number of hydrogen-bond donors (Lipinski definition) is 2. The minimum Gasteiger partial charge on any atom is -0.503 e. The van der Waals surface area contributed by atoms with Crippen molar-refractivity contribution < 1.29 is 33.3 Å². The summed E-state index contributed by atoms with van der Waals surface area (Å²) in [4.78, 5) is 29.5. The molecule has 1 saturated heterocycles. The third kappa shape index (κ3) is 5.98. The molecule has 8 nitrogen and oxygen atoms in total. The van der Waals surface area contributed by atoms with Crippen LogP contribution in [0.5, 0.6) is 11.5 Å². The maximum atomic E-state index is 13.3. The van der Waals surface area contributed by atoms with Crippen molar-refractivity contribution in [3.8, 4) is 11.5 Å². The molecule has 0 bridgehead atoms. The second kappa shape index (κ2) is 11.1. The second-order valence-corrected chi connectivity index (χ2v) is 7.98. The van der Waals surface area contributed by atoms with Crippen molar-refractivity contribution in [1.29, 1.82) is 0 Å². The first-order chi connectivity index (χ1) is 15.8. The summed E-state index contributed by atoms with van der Waals surface area (Å²) < 4.78 is 30.1. The normalized spacial score (nSPS) is 23.6. The summed E-state index contributed by atoms with van der Waals surface area (Å²) in [6.07, 6.45) is 2.08. The average Bonchev–Trinajstić information content (AvgIpc) is 2.85. The van der Waals surface area contributed by atoms with Crippen LogP contribution in [-0.4, -0.2) is 53.9 Å². The van der Waals surface area contributed by atoms with E-state index >= 15 is 0 Å². The highest BCUT2D eigenvalue weighted by Gasteiger charge is 2.34. The lowest BCUT2D eigenvalue weighted by Gasteiger charge is -2.30. The van der Waals surface area contributed by atoms with Crippen LogP contribution in [-0.2, 0) is 20.7 Å². The van der Waals surface area contributed by atoms with Crippen LogP contribution in [0.2, 0.25) is 0 Å². The highest BCUT2D eigenvalue weighted by Crippen LogP contribution is 2.28. The molecule has 0 spiro atoms. The van der Waals surface area contributed by atoms with E-state index in [1.807, 2.05) is 6.92 Å². The number of aromatic hydroxyl groups is 1. The van der Waals surface area contributed by atoms with Crippen LogP contribution in [0, 0.1) is 11.7 Å². The average molecular weight is 461 g/mol. The van der Waals surface area contributed by atoms with Gasteiger partial charge in [0.2, 0.25) is 0 Å². The predicted octanol–water partition coefficient (Wildman–Crippen LogP) is 3.02. The highest BCUT2D eigenvalue weighted by molar-refractivity contribution is 5.97. The van der Waals surface area contributed by atoms with E-state index in [9.17, 15) is 19.1 Å². The summed E-state index contributed by atoms with van der Waals surface area (Å²) in [5, 5.41) is 12.8. The Morgan fingerprint density at radius 3 is 2.70 bits per heavy atom. The standard InChI is InChI=1S/C24H29FN2O6/c1-4-19-17(13-15-5-7-16(25)8-6-15)14(2)33-24(30)18(10-12-32-19)27-23(29)21-22(28)20(31-3)9-11-26-21/h5-9,11,14,17-19,28H,4,10,12-13H2,1-3H3,(H,27,29)/t14-,17-,18-,19+/m0/s1. The van der Waals surface area contributed by atoms with Crippen LogP contribution < -0.4 is 10.1 Å². The van der Waals surface area contributed by atoms with Gasteiger partial charge in [-0.15, -0.1) is 0 Å². The first-order valence-corrected chi connectivity index (χ1v) is 10.9. The molecule has 0 radical (unpaired) electrons. The molecule has 2 aromatic rings. The number of cyclic esters (lactones) is 1. The van der Waals surface area contributed by atoms with Gasteiger partial charge in [-0.25, -0.2) is 14.2 Å². The first kappa shape index (κ1) is 24.4. The molecule has 9 heteroatoms. The minimum absolute atomic E-state index is 0.0959. The number of carbonyl (C=O) groups excluding carboxylic acids is 2. The highest BCUT2D eigenvalue weighted by atomic mass is 19.1. The number of halogens is 1. The van der Waals surface area contributed by atoms with E-state index in [0.29, 0.717) is 12.8 Å². The molecule has 1 fully saturated rings. The van der Waals surface area contributed by atoms with Crippen molar-refractivity contribution in [3.63, 3.8) is 0 Å². The molecule has 1 aliphatic rings. The summed E-state index contributed by atoms with van der Waals surface area (Å²) in [5.74, 6) is -2.10. The van der Waals surface area contributed by atoms with Crippen molar-refractivity contribution >= 4 is 11.9 Å². The van der Waals surface area contributed by atoms with Gasteiger partial charge in [-0.2, -0.15) is 0 Å². The number of pyridine rings is 1. The van der Waals surface area contributed by atoms with Crippen molar-refractivity contribution in [2.24, 2.45) is 5.92 Å². The lowest BCUT2D eigenvalue weighted by molar-refractivity contribution is -0.154. The van der Waals surface area contributed by atoms with E-state index in [2.05, 4.69) is 10.3 Å². The largest absolute Gasteiger partial charge is 0.503 e. The Morgan fingerprint density at radius 1 is 1.30 bits per heavy atom. The molecule has 1 amide bonds. The minimum atomic E-state index is -0.977. The van der Waals surface area contributed by atoms with E-state index < -0.39 is 29.8 Å². The Kier molecular flexibility index (Phi) is 8.21. The number of methoxy groups -OCH3 is 1. The van der Waals surface area contributed by atoms with Crippen LogP contribution >= 0.6 is 0 Å². The molecule has 178 valence electrons. The van der Waals surface area contributed by atoms with Gasteiger partial charge in [-0.3, -0.25) is 4.79 Å². The van der Waals surface area contributed by atoms with Gasteiger partial charge < -0.3 is 24.6 Å². The van der Waals surface area contributed by atoms with Crippen molar-refractivity contribution in [2.75, 3.05) is 13.7 Å². The maximum Gasteiger partial charge on any atom is 0.329 e. The SMILES string of the molecule is CC[C@H]1OCC[C@H](NC(=O)c2nccc(OC)c2O)C(=O)O[C@@H](C)[C@@H]1Cc1ccc(F)cc1. The van der Waals surface area contributed by atoms with Crippen LogP contribution in [0.1, 0.15) is 42.7 Å². The number of esters is 1. The number of aromatic nitrogens is 1. The van der Waals surface area contributed by atoms with Crippen LogP contribution in [0.15, 0.2) is 36.5 Å². The predicted molar refractivity (Wildman–Crippen MR) is 118 cm³/mol. The van der Waals surface area contributed by atoms with Crippen molar-refractivity contribution in [3.05, 3.63) is 53.6 Å². The fourth-order valence-corrected chi connectivity index (χ4v) is 3.97. The molecule has 4 atom stereocenters. The molecule has 0 aliphatic carbocycles. The fourth-order valence-electron chi connectivity index (χ4n) is 3.97. The Hall–Kier alpha value is -3.20. The molecule has 33 heavy (non-hydrogen) atoms. The summed E-state index contributed by atoms with van der Waals surface area (Å²) in [7, 11) is 1.36. The van der Waals surface area contributed by atoms with Crippen molar-refractivity contribution in [2.45, 2.75) is 51.4 Å². The lowest BCUT2D eigenvalue weighted by Crippen LogP contribution is -2.44. The van der Waals surface area contributed by atoms with Crippen LogP contribution in [0.4, 0.5) is 4.39 Å². The van der Waals surface area contributed by atoms with Crippen molar-refractivity contribution in [1.82, 2.24) is 10.3 Å². The maximum absolute atomic E-state index is 13.3. The molecule has 0 unspecified atom stereocenters. The topological polar surface area (TPSA) is 107 Å². The molecule has 1 aromatic heterocycles. The first-order valence-electron chi connectivity index (χ1n) is 10.9. The Morgan fingerprint density at radius 2 is 2.03 bits per heavy atom. The van der Waals surface area contributed by atoms with Crippen LogP contribution in [0.3, 0.4) is 0 Å². The van der Waals surface area contributed by atoms with Gasteiger partial charge in [0.15, 0.2) is 17.2 Å². The third-order valence-corrected chi connectivity index (χ3v) is 5.82. The molecule has 3 rings (SSSR count). The zero-order chi connectivity index (χ0) is 24.0. The van der Waals surface area contributed by atoms with Gasteiger partial charge >= 0.3 is 5.97 Å². The summed E-state index contributed by atoms with van der Waals surface area (Å²) in [5.41, 5.74) is 0.659. The number of ether oxygens (including phenoxy) is 3. The zero-order valence-corrected chi connectivity index (χ0v) is 18.9. The quantitative estimate of drug-likeness (QED) is 0.638. The zero-order valence-electron chi connectivity index (χ0n) is 18.9. The molecule has 1 aliphatic heterocycles. The monoisotopic (exact) mass is 460 g/mol. The third-order valence-electron chi connectivity index (χ3n) is 5.82. The molecule has 1 aromatic carbocycles. The lowest BCUT2D eigenvalue weighted by atomic mass is 9.88. The van der Waals surface area contributed by atoms with E-state index in [1.54, 1.807) is 19.1 Å². The fraction of sp³-hybridized carbons (Fsp3) is 0.458. The molecular weight excluding hydrogens is 431 g/mol. The Bertz CT molecular complexity index is 968. The Balaban J connectivity index is 1.75. The van der Waals surface area contributed by atoms with Gasteiger partial charge in [0.25, 0.3) is 5.91 Å². The molecule has 2 heterocycles. The van der Waals surface area contributed by atoms with E-state index in [-0.39, 0.29) is 42.3 Å². The number of amides is 1.